The maximum Gasteiger partial charge on any atom is 0.257 e. The summed E-state index contributed by atoms with van der Waals surface area (Å²) in [6, 6.07) is 4.70. The molecule has 0 saturated heterocycles. The van der Waals surface area contributed by atoms with Crippen molar-refractivity contribution in [3.63, 3.8) is 0 Å². The Labute approximate surface area is 113 Å². The van der Waals surface area contributed by atoms with Crippen molar-refractivity contribution in [1.82, 2.24) is 4.98 Å². The molecule has 0 aliphatic carbocycles. The summed E-state index contributed by atoms with van der Waals surface area (Å²) in [4.78, 5) is 15.9. The normalized spacial score (nSPS) is 10.4. The van der Waals surface area contributed by atoms with Crippen LogP contribution in [0.2, 0.25) is 0 Å². The fourth-order valence-electron chi connectivity index (χ4n) is 1.78. The number of hydrogen-bond acceptors (Lipinski definition) is 2. The number of nitrogens with one attached hydrogen (secondary N) is 1. The van der Waals surface area contributed by atoms with Crippen LogP contribution in [0.5, 0.6) is 0 Å². The van der Waals surface area contributed by atoms with Gasteiger partial charge in [0.2, 0.25) is 0 Å². The second-order valence-corrected chi connectivity index (χ2v) is 4.38. The van der Waals surface area contributed by atoms with Gasteiger partial charge >= 0.3 is 0 Å². The molecule has 6 heteroatoms. The molecule has 1 N–H and O–H groups in total. The van der Waals surface area contributed by atoms with Crippen LogP contribution in [0.25, 0.3) is 0 Å². The van der Waals surface area contributed by atoms with Crippen molar-refractivity contribution < 1.29 is 18.0 Å². The van der Waals surface area contributed by atoms with Crippen molar-refractivity contribution in [2.24, 2.45) is 0 Å². The SMILES string of the molecule is Cc1cc(C)nc(NC(=O)c2cc(F)c(F)c(F)c2)c1. The molecule has 104 valence electrons. The first-order valence-corrected chi connectivity index (χ1v) is 5.78. The Morgan fingerprint density at radius 1 is 1.05 bits per heavy atom. The monoisotopic (exact) mass is 280 g/mol. The van der Waals surface area contributed by atoms with Gasteiger partial charge in [0.15, 0.2) is 17.5 Å². The van der Waals surface area contributed by atoms with Crippen LogP contribution in [-0.2, 0) is 0 Å². The van der Waals surface area contributed by atoms with E-state index in [1.807, 2.05) is 13.0 Å². The number of benzene rings is 1. The molecule has 0 spiro atoms. The predicted octanol–water partition coefficient (Wildman–Crippen LogP) is 3.37. The molecular weight excluding hydrogens is 269 g/mol. The fourth-order valence-corrected chi connectivity index (χ4v) is 1.78. The van der Waals surface area contributed by atoms with Gasteiger partial charge < -0.3 is 5.32 Å². The third kappa shape index (κ3) is 2.96. The van der Waals surface area contributed by atoms with Crippen LogP contribution in [0.15, 0.2) is 24.3 Å². The zero-order chi connectivity index (χ0) is 14.9. The molecule has 0 saturated carbocycles. The van der Waals surface area contributed by atoms with E-state index < -0.39 is 23.4 Å². The lowest BCUT2D eigenvalue weighted by Crippen LogP contribution is -2.14. The first-order valence-electron chi connectivity index (χ1n) is 5.78. The van der Waals surface area contributed by atoms with E-state index in [4.69, 9.17) is 0 Å². The summed E-state index contributed by atoms with van der Waals surface area (Å²) in [7, 11) is 0. The summed E-state index contributed by atoms with van der Waals surface area (Å²) < 4.78 is 38.9. The van der Waals surface area contributed by atoms with E-state index in [2.05, 4.69) is 10.3 Å². The highest BCUT2D eigenvalue weighted by molar-refractivity contribution is 6.03. The number of aromatic nitrogens is 1. The fraction of sp³-hybridized carbons (Fsp3) is 0.143. The molecule has 3 nitrogen and oxygen atoms in total. The molecule has 0 bridgehead atoms. The van der Waals surface area contributed by atoms with Gasteiger partial charge in [-0.2, -0.15) is 0 Å². The number of aryl methyl sites for hydroxylation is 2. The number of hydrogen-bond donors (Lipinski definition) is 1. The molecule has 1 amide bonds. The first-order chi connectivity index (χ1) is 9.36. The van der Waals surface area contributed by atoms with E-state index in [1.165, 1.54) is 0 Å². The maximum atomic E-state index is 13.1. The minimum Gasteiger partial charge on any atom is -0.307 e. The minimum atomic E-state index is -1.61. The Morgan fingerprint density at radius 2 is 1.65 bits per heavy atom. The van der Waals surface area contributed by atoms with E-state index in [0.29, 0.717) is 17.8 Å². The maximum absolute atomic E-state index is 13.1. The lowest BCUT2D eigenvalue weighted by Gasteiger charge is -2.07. The largest absolute Gasteiger partial charge is 0.307 e. The van der Waals surface area contributed by atoms with Gasteiger partial charge in [0.25, 0.3) is 5.91 Å². The van der Waals surface area contributed by atoms with Gasteiger partial charge in [-0.15, -0.1) is 0 Å². The average molecular weight is 280 g/mol. The summed E-state index contributed by atoms with van der Waals surface area (Å²) in [5, 5.41) is 2.41. The van der Waals surface area contributed by atoms with Crippen molar-refractivity contribution in [3.8, 4) is 0 Å². The molecular formula is C14H11F3N2O. The van der Waals surface area contributed by atoms with Gasteiger partial charge in [0.1, 0.15) is 5.82 Å². The number of carbonyl (C=O) groups excluding carboxylic acids is 1. The van der Waals surface area contributed by atoms with E-state index in [-0.39, 0.29) is 11.4 Å². The summed E-state index contributed by atoms with van der Waals surface area (Å²) >= 11 is 0. The van der Waals surface area contributed by atoms with Crippen LogP contribution in [0.3, 0.4) is 0 Å². The number of carbonyl (C=O) groups is 1. The minimum absolute atomic E-state index is 0.262. The molecule has 0 unspecified atom stereocenters. The number of rotatable bonds is 2. The third-order valence-corrected chi connectivity index (χ3v) is 2.59. The van der Waals surface area contributed by atoms with Gasteiger partial charge in [-0.1, -0.05) is 0 Å². The molecule has 2 aromatic rings. The second kappa shape index (κ2) is 5.32. The Hall–Kier alpha value is -2.37. The van der Waals surface area contributed by atoms with Crippen molar-refractivity contribution in [1.29, 1.82) is 0 Å². The molecule has 0 atom stereocenters. The van der Waals surface area contributed by atoms with Crippen molar-refractivity contribution in [2.75, 3.05) is 5.32 Å². The molecule has 1 aromatic heterocycles. The number of nitrogens with zero attached hydrogens (tertiary/aromatic N) is 1. The number of pyridine rings is 1. The van der Waals surface area contributed by atoms with Crippen LogP contribution in [-0.4, -0.2) is 10.9 Å². The molecule has 1 heterocycles. The number of anilines is 1. The standard InChI is InChI=1S/C14H11F3N2O/c1-7-3-8(2)18-12(4-7)19-14(20)9-5-10(15)13(17)11(16)6-9/h3-6H,1-2H3,(H,18,19,20). The van der Waals surface area contributed by atoms with Crippen LogP contribution in [0.4, 0.5) is 19.0 Å². The summed E-state index contributed by atoms with van der Waals surface area (Å²) in [6.07, 6.45) is 0. The van der Waals surface area contributed by atoms with Gasteiger partial charge in [0, 0.05) is 11.3 Å². The van der Waals surface area contributed by atoms with E-state index in [9.17, 15) is 18.0 Å². The Kier molecular flexibility index (Phi) is 3.74. The zero-order valence-electron chi connectivity index (χ0n) is 10.8. The Bertz CT molecular complexity index is 643. The summed E-state index contributed by atoms with van der Waals surface area (Å²) in [5.41, 5.74) is 1.25. The molecule has 0 radical (unpaired) electrons. The third-order valence-electron chi connectivity index (χ3n) is 2.59. The molecule has 0 aliphatic heterocycles. The highest BCUT2D eigenvalue weighted by Gasteiger charge is 2.15. The van der Waals surface area contributed by atoms with Crippen molar-refractivity contribution >= 4 is 11.7 Å². The van der Waals surface area contributed by atoms with Crippen LogP contribution in [0.1, 0.15) is 21.6 Å². The van der Waals surface area contributed by atoms with Crippen molar-refractivity contribution in [2.45, 2.75) is 13.8 Å². The van der Waals surface area contributed by atoms with Crippen LogP contribution < -0.4 is 5.32 Å². The Morgan fingerprint density at radius 3 is 2.20 bits per heavy atom. The number of halogens is 3. The molecule has 20 heavy (non-hydrogen) atoms. The van der Waals surface area contributed by atoms with Crippen LogP contribution >= 0.6 is 0 Å². The highest BCUT2D eigenvalue weighted by atomic mass is 19.2. The second-order valence-electron chi connectivity index (χ2n) is 4.38. The summed E-state index contributed by atoms with van der Waals surface area (Å²) in [6.45, 7) is 3.57. The molecule has 1 aromatic carbocycles. The van der Waals surface area contributed by atoms with Crippen LogP contribution in [0, 0.1) is 31.3 Å². The molecule has 0 fully saturated rings. The van der Waals surface area contributed by atoms with Gasteiger partial charge in [-0.3, -0.25) is 4.79 Å². The average Bonchev–Trinajstić information content (AvgIpc) is 2.33. The van der Waals surface area contributed by atoms with Gasteiger partial charge in [-0.05, 0) is 43.7 Å². The number of amides is 1. The smallest absolute Gasteiger partial charge is 0.257 e. The van der Waals surface area contributed by atoms with E-state index >= 15 is 0 Å². The first kappa shape index (κ1) is 14.0. The highest BCUT2D eigenvalue weighted by Crippen LogP contribution is 2.15. The molecule has 0 aliphatic rings. The van der Waals surface area contributed by atoms with Crippen molar-refractivity contribution in [3.05, 3.63) is 58.5 Å². The predicted molar refractivity (Wildman–Crippen MR) is 68.0 cm³/mol. The van der Waals surface area contributed by atoms with E-state index in [1.54, 1.807) is 13.0 Å². The van der Waals surface area contributed by atoms with Gasteiger partial charge in [-0.25, -0.2) is 18.2 Å². The van der Waals surface area contributed by atoms with Gasteiger partial charge in [0.05, 0.1) is 0 Å². The Balaban J connectivity index is 2.28. The van der Waals surface area contributed by atoms with E-state index in [0.717, 1.165) is 5.56 Å². The quantitative estimate of drug-likeness (QED) is 0.857. The molecule has 2 rings (SSSR count). The lowest BCUT2D eigenvalue weighted by molar-refractivity contribution is 0.102. The zero-order valence-corrected chi connectivity index (χ0v) is 10.8. The summed E-state index contributed by atoms with van der Waals surface area (Å²) in [5.74, 6) is -4.93. The topological polar surface area (TPSA) is 42.0 Å². The lowest BCUT2D eigenvalue weighted by atomic mass is 10.2.